The molecule has 0 saturated carbocycles. The van der Waals surface area contributed by atoms with Crippen molar-refractivity contribution in [2.45, 2.75) is 18.7 Å². The number of aliphatic hydroxyl groups excluding tert-OH is 1. The van der Waals surface area contributed by atoms with E-state index < -0.39 is 18.2 Å². The highest BCUT2D eigenvalue weighted by Gasteiger charge is 2.38. The summed E-state index contributed by atoms with van der Waals surface area (Å²) in [6, 6.07) is 11.6. The van der Waals surface area contributed by atoms with Crippen molar-refractivity contribution in [3.63, 3.8) is 0 Å². The molecule has 0 aliphatic carbocycles. The molecule has 142 valence electrons. The lowest BCUT2D eigenvalue weighted by atomic mass is 10.0. The zero-order chi connectivity index (χ0) is 20.0. The van der Waals surface area contributed by atoms with Crippen LogP contribution >= 0.6 is 23.2 Å². The minimum Gasteiger partial charge on any atom is -0.388 e. The summed E-state index contributed by atoms with van der Waals surface area (Å²) in [5.74, 6) is 3.71. The van der Waals surface area contributed by atoms with Crippen LogP contribution < -0.4 is 5.32 Å². The molecule has 2 aromatic carbocycles. The van der Waals surface area contributed by atoms with Gasteiger partial charge in [-0.3, -0.25) is 4.79 Å². The first-order chi connectivity index (χ1) is 12.7. The molecule has 1 amide bonds. The summed E-state index contributed by atoms with van der Waals surface area (Å²) in [5.41, 5.74) is 1.51. The lowest BCUT2D eigenvalue weighted by Crippen LogP contribution is -2.37. The van der Waals surface area contributed by atoms with Crippen LogP contribution in [0.5, 0.6) is 0 Å². The fourth-order valence-corrected chi connectivity index (χ4v) is 2.66. The topological polar surface area (TPSA) is 49.3 Å². The van der Waals surface area contributed by atoms with E-state index in [9.17, 15) is 23.1 Å². The largest absolute Gasteiger partial charge is 0.471 e. The Morgan fingerprint density at radius 1 is 1.11 bits per heavy atom. The molecule has 0 heterocycles. The molecule has 0 saturated heterocycles. The highest BCUT2D eigenvalue weighted by molar-refractivity contribution is 6.36. The fraction of sp³-hybridized carbons (Fsp3) is 0.211. The number of hydrogen-bond donors (Lipinski definition) is 2. The molecule has 2 aromatic rings. The van der Waals surface area contributed by atoms with Gasteiger partial charge in [0.2, 0.25) is 0 Å². The second-order valence-corrected chi connectivity index (χ2v) is 6.34. The Kier molecular flexibility index (Phi) is 7.14. The van der Waals surface area contributed by atoms with Gasteiger partial charge in [-0.25, -0.2) is 0 Å². The highest BCUT2D eigenvalue weighted by Crippen LogP contribution is 2.23. The van der Waals surface area contributed by atoms with Gasteiger partial charge in [0.15, 0.2) is 0 Å². The van der Waals surface area contributed by atoms with Crippen molar-refractivity contribution in [2.24, 2.45) is 0 Å². The van der Waals surface area contributed by atoms with E-state index in [0.29, 0.717) is 26.7 Å². The minimum atomic E-state index is -4.94. The molecule has 0 bridgehead atoms. The van der Waals surface area contributed by atoms with Gasteiger partial charge in [0.25, 0.3) is 0 Å². The van der Waals surface area contributed by atoms with Crippen LogP contribution in [-0.2, 0) is 4.79 Å². The Morgan fingerprint density at radius 3 is 2.37 bits per heavy atom. The van der Waals surface area contributed by atoms with Crippen molar-refractivity contribution >= 4 is 29.1 Å². The average Bonchev–Trinajstić information content (AvgIpc) is 2.60. The van der Waals surface area contributed by atoms with E-state index in [1.807, 2.05) is 0 Å². The van der Waals surface area contributed by atoms with Gasteiger partial charge in [0.1, 0.15) is 0 Å². The molecule has 0 radical (unpaired) electrons. The van der Waals surface area contributed by atoms with Crippen molar-refractivity contribution in [2.75, 3.05) is 6.54 Å². The highest BCUT2D eigenvalue weighted by atomic mass is 35.5. The summed E-state index contributed by atoms with van der Waals surface area (Å²) >= 11 is 12.1. The number of carbonyl (C=O) groups excluding carboxylic acids is 1. The third-order valence-corrected chi connectivity index (χ3v) is 4.16. The molecule has 0 aromatic heterocycles. The Balaban J connectivity index is 2.05. The van der Waals surface area contributed by atoms with Gasteiger partial charge in [0.05, 0.1) is 21.7 Å². The summed E-state index contributed by atoms with van der Waals surface area (Å²) in [5, 5.41) is 12.6. The van der Waals surface area contributed by atoms with Crippen molar-refractivity contribution < 1.29 is 23.1 Å². The summed E-state index contributed by atoms with van der Waals surface area (Å²) in [6.45, 7) is -0.315. The first-order valence-electron chi connectivity index (χ1n) is 7.77. The predicted octanol–water partition coefficient (Wildman–Crippen LogP) is 4.50. The zero-order valence-corrected chi connectivity index (χ0v) is 15.3. The third-order valence-electron chi connectivity index (χ3n) is 3.53. The molecule has 3 nitrogen and oxygen atoms in total. The second-order valence-electron chi connectivity index (χ2n) is 5.53. The van der Waals surface area contributed by atoms with E-state index in [1.54, 1.807) is 47.8 Å². The number of alkyl halides is 3. The molecule has 2 rings (SSSR count). The molecule has 0 aliphatic heterocycles. The lowest BCUT2D eigenvalue weighted by molar-refractivity contribution is -0.173. The standard InChI is InChI=1S/C19H14Cl2F3NO2/c20-15-5-2-6-16(21)14(15)8-7-12-3-1-4-13(11-12)17(26)9-10-25-18(27)19(22,23)24/h1-6,11,17,26H,9-10H2,(H,25,27). The average molecular weight is 416 g/mol. The quantitative estimate of drug-likeness (QED) is 0.722. The predicted molar refractivity (Wildman–Crippen MR) is 97.5 cm³/mol. The van der Waals surface area contributed by atoms with Gasteiger partial charge >= 0.3 is 12.1 Å². The first-order valence-corrected chi connectivity index (χ1v) is 8.53. The molecular weight excluding hydrogens is 402 g/mol. The van der Waals surface area contributed by atoms with Crippen LogP contribution in [0.4, 0.5) is 13.2 Å². The normalized spacial score (nSPS) is 12.1. The van der Waals surface area contributed by atoms with Gasteiger partial charge < -0.3 is 10.4 Å². The monoisotopic (exact) mass is 415 g/mol. The number of benzene rings is 2. The number of carbonyl (C=O) groups is 1. The SMILES string of the molecule is O=C(NCCC(O)c1cccc(C#Cc2c(Cl)cccc2Cl)c1)C(F)(F)F. The van der Waals surface area contributed by atoms with E-state index in [-0.39, 0.29) is 13.0 Å². The van der Waals surface area contributed by atoms with Crippen LogP contribution in [0.25, 0.3) is 0 Å². The number of amides is 1. The van der Waals surface area contributed by atoms with Crippen LogP contribution in [-0.4, -0.2) is 23.7 Å². The Morgan fingerprint density at radius 2 is 1.74 bits per heavy atom. The number of rotatable bonds is 4. The van der Waals surface area contributed by atoms with Crippen molar-refractivity contribution in [3.05, 3.63) is 69.2 Å². The van der Waals surface area contributed by atoms with E-state index in [4.69, 9.17) is 23.2 Å². The number of halogens is 5. The zero-order valence-electron chi connectivity index (χ0n) is 13.8. The van der Waals surface area contributed by atoms with E-state index in [1.165, 1.54) is 0 Å². The number of hydrogen-bond acceptors (Lipinski definition) is 2. The van der Waals surface area contributed by atoms with Gasteiger partial charge in [-0.2, -0.15) is 13.2 Å². The molecule has 0 spiro atoms. The molecule has 0 fully saturated rings. The van der Waals surface area contributed by atoms with Crippen molar-refractivity contribution in [1.29, 1.82) is 0 Å². The first kappa shape index (κ1) is 21.1. The molecule has 2 N–H and O–H groups in total. The Bertz CT molecular complexity index is 868. The molecule has 27 heavy (non-hydrogen) atoms. The van der Waals surface area contributed by atoms with E-state index >= 15 is 0 Å². The fourth-order valence-electron chi connectivity index (χ4n) is 2.16. The number of aliphatic hydroxyl groups is 1. The van der Waals surface area contributed by atoms with Crippen molar-refractivity contribution in [1.82, 2.24) is 5.32 Å². The summed E-state index contributed by atoms with van der Waals surface area (Å²) in [7, 11) is 0. The summed E-state index contributed by atoms with van der Waals surface area (Å²) in [4.78, 5) is 10.8. The Hall–Kier alpha value is -2.20. The van der Waals surface area contributed by atoms with Gasteiger partial charge in [-0.05, 0) is 36.2 Å². The van der Waals surface area contributed by atoms with Crippen LogP contribution in [0.2, 0.25) is 10.0 Å². The van der Waals surface area contributed by atoms with E-state index in [2.05, 4.69) is 11.8 Å². The van der Waals surface area contributed by atoms with Crippen LogP contribution in [0.1, 0.15) is 29.2 Å². The Labute approximate surface area is 164 Å². The van der Waals surface area contributed by atoms with Crippen LogP contribution in [0, 0.1) is 11.8 Å². The molecule has 8 heteroatoms. The maximum Gasteiger partial charge on any atom is 0.471 e. The molecule has 0 aliphatic rings. The summed E-state index contributed by atoms with van der Waals surface area (Å²) in [6.07, 6.45) is -6.07. The lowest BCUT2D eigenvalue weighted by Gasteiger charge is -2.13. The minimum absolute atomic E-state index is 0.0744. The van der Waals surface area contributed by atoms with E-state index in [0.717, 1.165) is 0 Å². The van der Waals surface area contributed by atoms with Gasteiger partial charge in [-0.15, -0.1) is 0 Å². The van der Waals surface area contributed by atoms with Crippen LogP contribution in [0.15, 0.2) is 42.5 Å². The molecular formula is C19H14Cl2F3NO2. The van der Waals surface area contributed by atoms with Gasteiger partial charge in [0, 0.05) is 12.1 Å². The second kappa shape index (κ2) is 9.14. The maximum absolute atomic E-state index is 12.1. The maximum atomic E-state index is 12.1. The molecule has 1 unspecified atom stereocenters. The van der Waals surface area contributed by atoms with Crippen molar-refractivity contribution in [3.8, 4) is 11.8 Å². The van der Waals surface area contributed by atoms with Crippen LogP contribution in [0.3, 0.4) is 0 Å². The molecule has 1 atom stereocenters. The number of nitrogens with one attached hydrogen (secondary N) is 1. The van der Waals surface area contributed by atoms with Gasteiger partial charge in [-0.1, -0.05) is 53.2 Å². The smallest absolute Gasteiger partial charge is 0.388 e. The summed E-state index contributed by atoms with van der Waals surface area (Å²) < 4.78 is 36.4. The third kappa shape index (κ3) is 6.17.